The van der Waals surface area contributed by atoms with Gasteiger partial charge in [-0.15, -0.1) is 0 Å². The van der Waals surface area contributed by atoms with Crippen molar-refractivity contribution in [3.63, 3.8) is 0 Å². The Morgan fingerprint density at radius 1 is 1.18 bits per heavy atom. The van der Waals surface area contributed by atoms with Gasteiger partial charge in [-0.05, 0) is 43.0 Å². The molecule has 22 heavy (non-hydrogen) atoms. The quantitative estimate of drug-likeness (QED) is 0.441. The standard InChI is InChI=1S/C17H21NO4/c1-20-11-22-16-15(10-5-12-3-4-12)18(17(16)19)13-6-8-14(21-2)9-7-13/h5-10,12,15-16H,3-4,11H2,1-2H3/t15?,16-/m1/s1. The van der Waals surface area contributed by atoms with Crippen LogP contribution in [-0.2, 0) is 14.3 Å². The molecule has 2 atom stereocenters. The van der Waals surface area contributed by atoms with Crippen molar-refractivity contribution < 1.29 is 19.0 Å². The summed E-state index contributed by atoms with van der Waals surface area (Å²) < 4.78 is 15.6. The average molecular weight is 303 g/mol. The van der Waals surface area contributed by atoms with E-state index in [-0.39, 0.29) is 18.7 Å². The number of rotatable bonds is 7. The first-order chi connectivity index (χ1) is 10.7. The molecular weight excluding hydrogens is 282 g/mol. The predicted molar refractivity (Wildman–Crippen MR) is 82.9 cm³/mol. The number of β-lactam (4-membered cyclic amide) rings is 1. The molecule has 2 aliphatic rings. The number of allylic oxidation sites excluding steroid dienone is 1. The van der Waals surface area contributed by atoms with Crippen molar-refractivity contribution in [3.8, 4) is 5.75 Å². The van der Waals surface area contributed by atoms with Crippen LogP contribution < -0.4 is 9.64 Å². The Labute approximate surface area is 130 Å². The Kier molecular flexibility index (Phi) is 4.45. The third kappa shape index (κ3) is 3.00. The van der Waals surface area contributed by atoms with Gasteiger partial charge in [-0.3, -0.25) is 4.79 Å². The number of hydrogen-bond acceptors (Lipinski definition) is 4. The Bertz CT molecular complexity index is 550. The topological polar surface area (TPSA) is 48.0 Å². The van der Waals surface area contributed by atoms with Gasteiger partial charge in [-0.25, -0.2) is 0 Å². The van der Waals surface area contributed by atoms with Gasteiger partial charge in [0.1, 0.15) is 12.5 Å². The Morgan fingerprint density at radius 2 is 1.91 bits per heavy atom. The van der Waals surface area contributed by atoms with Crippen molar-refractivity contribution in [2.75, 3.05) is 25.9 Å². The van der Waals surface area contributed by atoms with Crippen molar-refractivity contribution in [1.82, 2.24) is 0 Å². The van der Waals surface area contributed by atoms with Crippen molar-refractivity contribution in [2.45, 2.75) is 25.0 Å². The molecule has 5 nitrogen and oxygen atoms in total. The van der Waals surface area contributed by atoms with E-state index >= 15 is 0 Å². The number of amides is 1. The summed E-state index contributed by atoms with van der Waals surface area (Å²) in [6.07, 6.45) is 6.30. The van der Waals surface area contributed by atoms with Gasteiger partial charge in [-0.1, -0.05) is 12.2 Å². The normalized spacial score (nSPS) is 24.6. The zero-order valence-corrected chi connectivity index (χ0v) is 12.9. The number of carbonyl (C=O) groups is 1. The Hall–Kier alpha value is -1.85. The van der Waals surface area contributed by atoms with Gasteiger partial charge in [0.05, 0.1) is 13.2 Å². The van der Waals surface area contributed by atoms with Crippen LogP contribution in [-0.4, -0.2) is 39.1 Å². The highest BCUT2D eigenvalue weighted by molar-refractivity contribution is 6.05. The number of anilines is 1. The van der Waals surface area contributed by atoms with Crippen molar-refractivity contribution >= 4 is 11.6 Å². The number of ether oxygens (including phenoxy) is 3. The van der Waals surface area contributed by atoms with Gasteiger partial charge in [0, 0.05) is 12.8 Å². The van der Waals surface area contributed by atoms with Crippen LogP contribution in [0.1, 0.15) is 12.8 Å². The summed E-state index contributed by atoms with van der Waals surface area (Å²) in [7, 11) is 3.18. The molecule has 2 fully saturated rings. The minimum atomic E-state index is -0.461. The number of methoxy groups -OCH3 is 2. The number of hydrogen-bond donors (Lipinski definition) is 0. The largest absolute Gasteiger partial charge is 0.497 e. The van der Waals surface area contributed by atoms with Gasteiger partial charge < -0.3 is 19.1 Å². The fraction of sp³-hybridized carbons (Fsp3) is 0.471. The smallest absolute Gasteiger partial charge is 0.259 e. The molecule has 1 aliphatic carbocycles. The molecule has 0 aromatic heterocycles. The molecule has 5 heteroatoms. The molecule has 1 heterocycles. The van der Waals surface area contributed by atoms with E-state index in [1.54, 1.807) is 19.1 Å². The Balaban J connectivity index is 1.76. The van der Waals surface area contributed by atoms with Gasteiger partial charge in [0.25, 0.3) is 5.91 Å². The maximum Gasteiger partial charge on any atom is 0.259 e. The van der Waals surface area contributed by atoms with Crippen LogP contribution in [0, 0.1) is 5.92 Å². The van der Waals surface area contributed by atoms with Crippen LogP contribution in [0.25, 0.3) is 0 Å². The molecule has 1 aromatic rings. The van der Waals surface area contributed by atoms with Crippen LogP contribution in [0.2, 0.25) is 0 Å². The number of carbonyl (C=O) groups excluding carboxylic acids is 1. The highest BCUT2D eigenvalue weighted by Gasteiger charge is 2.47. The number of benzene rings is 1. The van der Waals surface area contributed by atoms with Crippen LogP contribution in [0.5, 0.6) is 5.75 Å². The minimum absolute atomic E-state index is 0.0346. The van der Waals surface area contributed by atoms with Crippen LogP contribution in [0.4, 0.5) is 5.69 Å². The van der Waals surface area contributed by atoms with E-state index in [1.807, 2.05) is 24.3 Å². The lowest BCUT2D eigenvalue weighted by Crippen LogP contribution is -2.65. The molecule has 1 aromatic carbocycles. The fourth-order valence-electron chi connectivity index (χ4n) is 2.58. The van der Waals surface area contributed by atoms with Crippen LogP contribution in [0.3, 0.4) is 0 Å². The third-order valence-corrected chi connectivity index (χ3v) is 4.01. The monoisotopic (exact) mass is 303 g/mol. The third-order valence-electron chi connectivity index (χ3n) is 4.01. The van der Waals surface area contributed by atoms with E-state index in [1.165, 1.54) is 12.8 Å². The molecular formula is C17H21NO4. The minimum Gasteiger partial charge on any atom is -0.497 e. The lowest BCUT2D eigenvalue weighted by atomic mass is 9.95. The molecule has 1 unspecified atom stereocenters. The summed E-state index contributed by atoms with van der Waals surface area (Å²) in [6, 6.07) is 7.42. The molecule has 1 amide bonds. The average Bonchev–Trinajstić information content (AvgIpc) is 3.36. The molecule has 1 aliphatic heterocycles. The van der Waals surface area contributed by atoms with E-state index in [0.29, 0.717) is 5.92 Å². The zero-order chi connectivity index (χ0) is 15.5. The summed E-state index contributed by atoms with van der Waals surface area (Å²) in [5, 5.41) is 0. The number of nitrogens with zero attached hydrogens (tertiary/aromatic N) is 1. The maximum atomic E-state index is 12.4. The van der Waals surface area contributed by atoms with Crippen LogP contribution in [0.15, 0.2) is 36.4 Å². The summed E-state index contributed by atoms with van der Waals surface area (Å²) in [5.74, 6) is 1.40. The van der Waals surface area contributed by atoms with Crippen molar-refractivity contribution in [1.29, 1.82) is 0 Å². The first kappa shape index (κ1) is 15.1. The molecule has 0 radical (unpaired) electrons. The summed E-state index contributed by atoms with van der Waals surface area (Å²) in [5.41, 5.74) is 0.855. The van der Waals surface area contributed by atoms with Crippen molar-refractivity contribution in [3.05, 3.63) is 36.4 Å². The highest BCUT2D eigenvalue weighted by Crippen LogP contribution is 2.35. The maximum absolute atomic E-state index is 12.4. The van der Waals surface area contributed by atoms with E-state index in [2.05, 4.69) is 12.2 Å². The highest BCUT2D eigenvalue weighted by atomic mass is 16.7. The first-order valence-electron chi connectivity index (χ1n) is 7.50. The Morgan fingerprint density at radius 3 is 2.50 bits per heavy atom. The molecule has 0 N–H and O–H groups in total. The summed E-state index contributed by atoms with van der Waals surface area (Å²) in [4.78, 5) is 14.1. The van der Waals surface area contributed by atoms with E-state index in [9.17, 15) is 4.79 Å². The summed E-state index contributed by atoms with van der Waals surface area (Å²) in [6.45, 7) is 0.126. The lowest BCUT2D eigenvalue weighted by Gasteiger charge is -2.45. The molecule has 118 valence electrons. The van der Waals surface area contributed by atoms with E-state index in [4.69, 9.17) is 14.2 Å². The van der Waals surface area contributed by atoms with Gasteiger partial charge >= 0.3 is 0 Å². The van der Waals surface area contributed by atoms with Gasteiger partial charge in [-0.2, -0.15) is 0 Å². The molecule has 3 rings (SSSR count). The van der Waals surface area contributed by atoms with Crippen molar-refractivity contribution in [2.24, 2.45) is 5.92 Å². The van der Waals surface area contributed by atoms with E-state index < -0.39 is 6.10 Å². The second kappa shape index (κ2) is 6.50. The van der Waals surface area contributed by atoms with Gasteiger partial charge in [0.2, 0.25) is 0 Å². The van der Waals surface area contributed by atoms with Crippen LogP contribution >= 0.6 is 0 Å². The second-order valence-corrected chi connectivity index (χ2v) is 5.61. The SMILES string of the molecule is COCO[C@H]1C(=O)N(c2ccc(OC)cc2)C1C=CC1CC1. The van der Waals surface area contributed by atoms with E-state index in [0.717, 1.165) is 11.4 Å². The zero-order valence-electron chi connectivity index (χ0n) is 12.9. The molecule has 0 spiro atoms. The molecule has 1 saturated heterocycles. The predicted octanol–water partition coefficient (Wildman–Crippen LogP) is 2.37. The molecule has 1 saturated carbocycles. The second-order valence-electron chi connectivity index (χ2n) is 5.61. The summed E-state index contributed by atoms with van der Waals surface area (Å²) >= 11 is 0. The fourth-order valence-corrected chi connectivity index (χ4v) is 2.58. The lowest BCUT2D eigenvalue weighted by molar-refractivity contribution is -0.151. The van der Waals surface area contributed by atoms with Gasteiger partial charge in [0.15, 0.2) is 6.10 Å². The molecule has 0 bridgehead atoms. The first-order valence-corrected chi connectivity index (χ1v) is 7.50.